The van der Waals surface area contributed by atoms with Gasteiger partial charge in [0, 0.05) is 30.4 Å². The summed E-state index contributed by atoms with van der Waals surface area (Å²) in [5, 5.41) is 8.16. The maximum atomic E-state index is 15.0. The number of ether oxygens (including phenoxy) is 1. The van der Waals surface area contributed by atoms with E-state index in [1.165, 1.54) is 12.1 Å². The van der Waals surface area contributed by atoms with Crippen molar-refractivity contribution in [3.8, 4) is 17.3 Å². The van der Waals surface area contributed by atoms with Crippen molar-refractivity contribution < 1.29 is 13.5 Å². The van der Waals surface area contributed by atoms with Crippen molar-refractivity contribution >= 4 is 29.2 Å². The van der Waals surface area contributed by atoms with Crippen molar-refractivity contribution in [2.45, 2.75) is 57.6 Å². The lowest BCUT2D eigenvalue weighted by Gasteiger charge is -2.34. The number of benzene rings is 2. The fraction of sp³-hybridized carbons (Fsp3) is 0.370. The molecule has 37 heavy (non-hydrogen) atoms. The van der Waals surface area contributed by atoms with Crippen molar-refractivity contribution in [1.82, 2.24) is 14.9 Å². The number of likely N-dealkylation sites (tertiary alicyclic amines) is 1. The topological polar surface area (TPSA) is 100 Å². The van der Waals surface area contributed by atoms with Crippen molar-refractivity contribution in [1.29, 1.82) is 5.41 Å². The molecule has 0 atom stereocenters. The molecule has 1 saturated heterocycles. The van der Waals surface area contributed by atoms with Crippen LogP contribution in [0.5, 0.6) is 5.88 Å². The molecule has 4 N–H and O–H groups in total. The number of piperidine rings is 1. The largest absolute Gasteiger partial charge is 0.474 e. The molecule has 2 aromatic carbocycles. The molecular weight excluding hydrogens is 494 g/mol. The highest BCUT2D eigenvalue weighted by molar-refractivity contribution is 8.00. The van der Waals surface area contributed by atoms with Gasteiger partial charge in [-0.2, -0.15) is 4.98 Å². The Morgan fingerprint density at radius 2 is 1.86 bits per heavy atom. The molecule has 1 fully saturated rings. The number of hydrogen-bond acceptors (Lipinski definition) is 8. The number of aromatic nitrogens is 2. The van der Waals surface area contributed by atoms with Gasteiger partial charge in [-0.25, -0.2) is 13.8 Å². The predicted molar refractivity (Wildman–Crippen MR) is 145 cm³/mol. The Balaban J connectivity index is 1.55. The number of nitrogen functional groups attached to an aromatic ring is 1. The van der Waals surface area contributed by atoms with Crippen molar-refractivity contribution in [3.05, 3.63) is 59.2 Å². The summed E-state index contributed by atoms with van der Waals surface area (Å²) >= 11 is 0.998. The standard InChI is InChI=1S/C27H32F2N6OS/c1-15(2)35-11-9-19(10-12-35)36-27-24(17(4)30)25(31)32-26(33-27)18-6-8-22(21(29)14-18)34-37-23-13-16(3)5-7-20(23)28/h5-8,13-15,19,30,34H,9-12H2,1-4H3,(H2,31,32,33). The fourth-order valence-electron chi connectivity index (χ4n) is 4.23. The third kappa shape index (κ3) is 6.37. The molecule has 0 radical (unpaired) electrons. The summed E-state index contributed by atoms with van der Waals surface area (Å²) in [6, 6.07) is 9.73. The minimum Gasteiger partial charge on any atom is -0.474 e. The van der Waals surface area contributed by atoms with E-state index in [-0.39, 0.29) is 40.8 Å². The van der Waals surface area contributed by atoms with Gasteiger partial charge in [0.05, 0.1) is 16.1 Å². The molecule has 1 aliphatic rings. The van der Waals surface area contributed by atoms with E-state index >= 15 is 0 Å². The number of nitrogens with zero attached hydrogens (tertiary/aromatic N) is 3. The molecule has 0 spiro atoms. The van der Waals surface area contributed by atoms with Crippen molar-refractivity contribution in [3.63, 3.8) is 0 Å². The molecule has 3 aromatic rings. The molecule has 4 rings (SSSR count). The van der Waals surface area contributed by atoms with Crippen LogP contribution in [0.4, 0.5) is 20.3 Å². The Labute approximate surface area is 220 Å². The second-order valence-corrected chi connectivity index (χ2v) is 10.4. The summed E-state index contributed by atoms with van der Waals surface area (Å²) in [4.78, 5) is 11.7. The molecule has 0 bridgehead atoms. The molecule has 0 saturated carbocycles. The highest BCUT2D eigenvalue weighted by Gasteiger charge is 2.25. The molecule has 10 heteroatoms. The number of halogens is 2. The zero-order valence-electron chi connectivity index (χ0n) is 21.4. The Morgan fingerprint density at radius 3 is 2.51 bits per heavy atom. The molecule has 7 nitrogen and oxygen atoms in total. The molecular formula is C27H32F2N6OS. The van der Waals surface area contributed by atoms with Crippen LogP contribution in [0.1, 0.15) is 44.7 Å². The monoisotopic (exact) mass is 526 g/mol. The van der Waals surface area contributed by atoms with Gasteiger partial charge in [-0.05, 0) is 88.4 Å². The summed E-state index contributed by atoms with van der Waals surface area (Å²) in [7, 11) is 0. The van der Waals surface area contributed by atoms with Gasteiger partial charge < -0.3 is 25.5 Å². The second-order valence-electron chi connectivity index (χ2n) is 9.52. The maximum Gasteiger partial charge on any atom is 0.228 e. The first kappa shape index (κ1) is 26.8. The average molecular weight is 527 g/mol. The number of aryl methyl sites for hydroxylation is 1. The van der Waals surface area contributed by atoms with Gasteiger partial charge in [0.25, 0.3) is 0 Å². The van der Waals surface area contributed by atoms with E-state index in [4.69, 9.17) is 15.9 Å². The summed E-state index contributed by atoms with van der Waals surface area (Å²) in [5.41, 5.74) is 8.27. The van der Waals surface area contributed by atoms with Crippen LogP contribution < -0.4 is 15.2 Å². The van der Waals surface area contributed by atoms with E-state index < -0.39 is 5.82 Å². The molecule has 2 heterocycles. The third-order valence-corrected chi connectivity index (χ3v) is 7.20. The summed E-state index contributed by atoms with van der Waals surface area (Å²) < 4.78 is 38.1. The van der Waals surface area contributed by atoms with Crippen LogP contribution in [0.25, 0.3) is 11.4 Å². The van der Waals surface area contributed by atoms with E-state index in [0.29, 0.717) is 22.1 Å². The van der Waals surface area contributed by atoms with Crippen LogP contribution in [0.15, 0.2) is 41.3 Å². The molecule has 1 aromatic heterocycles. The summed E-state index contributed by atoms with van der Waals surface area (Å²) in [6.45, 7) is 9.65. The van der Waals surface area contributed by atoms with Crippen LogP contribution in [0, 0.1) is 24.0 Å². The zero-order valence-corrected chi connectivity index (χ0v) is 22.3. The van der Waals surface area contributed by atoms with Gasteiger partial charge >= 0.3 is 0 Å². The van der Waals surface area contributed by atoms with Gasteiger partial charge in [0.2, 0.25) is 5.88 Å². The first-order valence-electron chi connectivity index (χ1n) is 12.2. The second kappa shape index (κ2) is 11.4. The van der Waals surface area contributed by atoms with E-state index in [2.05, 4.69) is 33.4 Å². The molecule has 1 aliphatic heterocycles. The van der Waals surface area contributed by atoms with Crippen LogP contribution >= 0.6 is 11.9 Å². The lowest BCUT2D eigenvalue weighted by Crippen LogP contribution is -2.42. The Morgan fingerprint density at radius 1 is 1.14 bits per heavy atom. The molecule has 0 unspecified atom stereocenters. The van der Waals surface area contributed by atoms with Gasteiger partial charge in [-0.15, -0.1) is 0 Å². The quantitative estimate of drug-likeness (QED) is 0.242. The number of nitrogens with two attached hydrogens (primary N) is 1. The molecule has 0 aliphatic carbocycles. The minimum atomic E-state index is -0.545. The van der Waals surface area contributed by atoms with E-state index in [1.807, 2.05) is 6.92 Å². The van der Waals surface area contributed by atoms with Crippen molar-refractivity contribution in [2.24, 2.45) is 0 Å². The van der Waals surface area contributed by atoms with Crippen LogP contribution in [-0.4, -0.2) is 45.8 Å². The van der Waals surface area contributed by atoms with Gasteiger partial charge in [-0.3, -0.25) is 0 Å². The minimum absolute atomic E-state index is 0.0578. The van der Waals surface area contributed by atoms with E-state index in [9.17, 15) is 8.78 Å². The number of anilines is 2. The van der Waals surface area contributed by atoms with Crippen LogP contribution in [0.2, 0.25) is 0 Å². The normalized spacial score (nSPS) is 14.7. The van der Waals surface area contributed by atoms with Crippen LogP contribution in [0.3, 0.4) is 0 Å². The van der Waals surface area contributed by atoms with Gasteiger partial charge in [0.1, 0.15) is 23.6 Å². The average Bonchev–Trinajstić information content (AvgIpc) is 2.85. The fourth-order valence-corrected chi connectivity index (χ4v) is 5.02. The van der Waals surface area contributed by atoms with E-state index in [0.717, 1.165) is 43.4 Å². The summed E-state index contributed by atoms with van der Waals surface area (Å²) in [5.74, 6) is -0.365. The first-order valence-corrected chi connectivity index (χ1v) is 13.1. The van der Waals surface area contributed by atoms with Crippen LogP contribution in [-0.2, 0) is 0 Å². The SMILES string of the molecule is CC(=N)c1c(N)nc(-c2ccc(NSc3cc(C)ccc3F)c(F)c2)nc1OC1CCN(C(C)C)CC1. The highest BCUT2D eigenvalue weighted by atomic mass is 32.2. The number of nitrogens with one attached hydrogen (secondary N) is 2. The third-order valence-electron chi connectivity index (χ3n) is 6.35. The van der Waals surface area contributed by atoms with Gasteiger partial charge in [-0.1, -0.05) is 6.07 Å². The smallest absolute Gasteiger partial charge is 0.228 e. The van der Waals surface area contributed by atoms with E-state index in [1.54, 1.807) is 31.2 Å². The summed E-state index contributed by atoms with van der Waals surface area (Å²) in [6.07, 6.45) is 1.61. The molecule has 0 amide bonds. The lowest BCUT2D eigenvalue weighted by atomic mass is 10.1. The molecule has 196 valence electrons. The zero-order chi connectivity index (χ0) is 26.7. The first-order chi connectivity index (χ1) is 17.6. The van der Waals surface area contributed by atoms with Crippen molar-refractivity contribution in [2.75, 3.05) is 23.5 Å². The Kier molecular flexibility index (Phi) is 8.29. The predicted octanol–water partition coefficient (Wildman–Crippen LogP) is 6.07. The maximum absolute atomic E-state index is 15.0. The number of rotatable bonds is 8. The van der Waals surface area contributed by atoms with Gasteiger partial charge in [0.15, 0.2) is 5.82 Å². The number of hydrogen-bond donors (Lipinski definition) is 3. The highest BCUT2D eigenvalue weighted by Crippen LogP contribution is 2.32. The lowest BCUT2D eigenvalue weighted by molar-refractivity contribution is 0.0812. The Hall–Kier alpha value is -3.24. The Bertz CT molecular complexity index is 1290.